The van der Waals surface area contributed by atoms with Crippen LogP contribution in [0.3, 0.4) is 0 Å². The third-order valence-corrected chi connectivity index (χ3v) is 4.86. The molecule has 0 aromatic heterocycles. The van der Waals surface area contributed by atoms with Crippen molar-refractivity contribution in [2.75, 3.05) is 57.4 Å². The normalized spacial score (nSPS) is 18.0. The Labute approximate surface area is 178 Å². The summed E-state index contributed by atoms with van der Waals surface area (Å²) in [5.74, 6) is 0.813. The Hall–Kier alpha value is -1.35. The Morgan fingerprint density at radius 2 is 1.93 bits per heavy atom. The van der Waals surface area contributed by atoms with E-state index in [2.05, 4.69) is 28.1 Å². The maximum absolute atomic E-state index is 13.1. The fourth-order valence-corrected chi connectivity index (χ4v) is 3.35. The molecule has 0 unspecified atom stereocenters. The summed E-state index contributed by atoms with van der Waals surface area (Å²) in [7, 11) is 0. The standard InChI is InChI=1S/C20H29FN4O.HI/c1-2-22-20(23-10-7-17-8-15-26-16-9-17)25-13-11-24(12-14-25)19-5-3-18(21)4-6-19;/h3-6,8H,2,7,9-16H2,1H3,(H,22,23);1H. The van der Waals surface area contributed by atoms with E-state index in [1.165, 1.54) is 17.7 Å². The summed E-state index contributed by atoms with van der Waals surface area (Å²) in [4.78, 5) is 9.44. The van der Waals surface area contributed by atoms with Gasteiger partial charge in [0.25, 0.3) is 0 Å². The van der Waals surface area contributed by atoms with E-state index in [-0.39, 0.29) is 29.8 Å². The Balaban J connectivity index is 0.00000261. The molecule has 1 N–H and O–H groups in total. The molecule has 150 valence electrons. The molecule has 1 fully saturated rings. The molecule has 0 atom stereocenters. The second-order valence-corrected chi connectivity index (χ2v) is 6.62. The van der Waals surface area contributed by atoms with E-state index in [4.69, 9.17) is 9.73 Å². The van der Waals surface area contributed by atoms with Gasteiger partial charge >= 0.3 is 0 Å². The van der Waals surface area contributed by atoms with Gasteiger partial charge in [-0.2, -0.15) is 0 Å². The molecule has 2 aliphatic heterocycles. The molecule has 1 aromatic rings. The van der Waals surface area contributed by atoms with Crippen molar-refractivity contribution in [3.8, 4) is 0 Å². The van der Waals surface area contributed by atoms with Crippen LogP contribution in [0.2, 0.25) is 0 Å². The molecule has 0 aliphatic carbocycles. The van der Waals surface area contributed by atoms with Gasteiger partial charge in [0.1, 0.15) is 5.82 Å². The molecule has 0 amide bonds. The van der Waals surface area contributed by atoms with Gasteiger partial charge in [0.05, 0.1) is 13.2 Å². The van der Waals surface area contributed by atoms with Crippen LogP contribution in [0, 0.1) is 5.82 Å². The number of anilines is 1. The molecular weight excluding hydrogens is 458 g/mol. The minimum Gasteiger partial charge on any atom is -0.377 e. The summed E-state index contributed by atoms with van der Waals surface area (Å²) >= 11 is 0. The van der Waals surface area contributed by atoms with Crippen LogP contribution in [-0.2, 0) is 4.74 Å². The lowest BCUT2D eigenvalue weighted by molar-refractivity contribution is 0.153. The number of benzene rings is 1. The Kier molecular flexibility index (Phi) is 9.33. The summed E-state index contributed by atoms with van der Waals surface area (Å²) in [6, 6.07) is 6.76. The van der Waals surface area contributed by atoms with Crippen LogP contribution in [0.25, 0.3) is 0 Å². The monoisotopic (exact) mass is 488 g/mol. The lowest BCUT2D eigenvalue weighted by atomic mass is 10.1. The van der Waals surface area contributed by atoms with Gasteiger partial charge in [-0.25, -0.2) is 4.39 Å². The number of nitrogens with zero attached hydrogens (tertiary/aromatic N) is 3. The summed E-state index contributed by atoms with van der Waals surface area (Å²) in [5, 5.41) is 3.42. The van der Waals surface area contributed by atoms with Crippen LogP contribution in [0.1, 0.15) is 19.8 Å². The molecule has 3 rings (SSSR count). The van der Waals surface area contributed by atoms with E-state index < -0.39 is 0 Å². The zero-order valence-electron chi connectivity index (χ0n) is 16.0. The van der Waals surface area contributed by atoms with Gasteiger partial charge < -0.3 is 19.9 Å². The first-order valence-electron chi connectivity index (χ1n) is 9.55. The number of ether oxygens (including phenoxy) is 1. The van der Waals surface area contributed by atoms with E-state index in [0.29, 0.717) is 0 Å². The molecule has 7 heteroatoms. The quantitative estimate of drug-likeness (QED) is 0.299. The van der Waals surface area contributed by atoms with Gasteiger partial charge in [-0.1, -0.05) is 11.6 Å². The molecule has 0 saturated carbocycles. The lowest BCUT2D eigenvalue weighted by Gasteiger charge is -2.37. The van der Waals surface area contributed by atoms with Gasteiger partial charge in [-0.15, -0.1) is 24.0 Å². The van der Waals surface area contributed by atoms with Gasteiger partial charge in [0.15, 0.2) is 5.96 Å². The first kappa shape index (κ1) is 21.9. The number of nitrogens with one attached hydrogen (secondary N) is 1. The Morgan fingerprint density at radius 3 is 2.56 bits per heavy atom. The van der Waals surface area contributed by atoms with Crippen molar-refractivity contribution in [1.82, 2.24) is 10.2 Å². The second-order valence-electron chi connectivity index (χ2n) is 6.62. The number of guanidine groups is 1. The summed E-state index contributed by atoms with van der Waals surface area (Å²) < 4.78 is 18.5. The highest BCUT2D eigenvalue weighted by Crippen LogP contribution is 2.17. The largest absolute Gasteiger partial charge is 0.377 e. The van der Waals surface area contributed by atoms with Crippen LogP contribution in [0.15, 0.2) is 40.9 Å². The Morgan fingerprint density at radius 1 is 1.19 bits per heavy atom. The van der Waals surface area contributed by atoms with Crippen LogP contribution >= 0.6 is 24.0 Å². The minimum absolute atomic E-state index is 0. The molecule has 1 saturated heterocycles. The lowest BCUT2D eigenvalue weighted by Crippen LogP contribution is -2.52. The predicted octanol–water partition coefficient (Wildman–Crippen LogP) is 3.27. The van der Waals surface area contributed by atoms with E-state index in [9.17, 15) is 4.39 Å². The van der Waals surface area contributed by atoms with Crippen molar-refractivity contribution in [3.63, 3.8) is 0 Å². The number of rotatable bonds is 5. The van der Waals surface area contributed by atoms with Crippen molar-refractivity contribution in [2.24, 2.45) is 4.99 Å². The predicted molar refractivity (Wildman–Crippen MR) is 120 cm³/mol. The number of hydrogen-bond donors (Lipinski definition) is 1. The van der Waals surface area contributed by atoms with Crippen LogP contribution in [-0.4, -0.2) is 63.3 Å². The fourth-order valence-electron chi connectivity index (χ4n) is 3.35. The highest BCUT2D eigenvalue weighted by molar-refractivity contribution is 14.0. The number of halogens is 2. The zero-order valence-corrected chi connectivity index (χ0v) is 18.3. The molecule has 1 aromatic carbocycles. The summed E-state index contributed by atoms with van der Waals surface area (Å²) in [6.07, 6.45) is 4.23. The van der Waals surface area contributed by atoms with Gasteiger partial charge in [-0.3, -0.25) is 4.99 Å². The molecule has 2 aliphatic rings. The van der Waals surface area contributed by atoms with Crippen LogP contribution in [0.5, 0.6) is 0 Å². The van der Waals surface area contributed by atoms with Crippen LogP contribution in [0.4, 0.5) is 10.1 Å². The van der Waals surface area contributed by atoms with Gasteiger partial charge in [-0.05, 0) is 44.0 Å². The smallest absolute Gasteiger partial charge is 0.194 e. The average molecular weight is 488 g/mol. The van der Waals surface area contributed by atoms with E-state index in [1.807, 2.05) is 12.1 Å². The van der Waals surface area contributed by atoms with Crippen molar-refractivity contribution >= 4 is 35.6 Å². The van der Waals surface area contributed by atoms with Crippen LogP contribution < -0.4 is 10.2 Å². The second kappa shape index (κ2) is 11.5. The molecular formula is C20H30FIN4O. The van der Waals surface area contributed by atoms with Crippen molar-refractivity contribution in [2.45, 2.75) is 19.8 Å². The topological polar surface area (TPSA) is 40.1 Å². The third-order valence-electron chi connectivity index (χ3n) is 4.86. The fraction of sp³-hybridized carbons (Fsp3) is 0.550. The van der Waals surface area contributed by atoms with Crippen molar-refractivity contribution in [1.29, 1.82) is 0 Å². The van der Waals surface area contributed by atoms with Crippen molar-refractivity contribution in [3.05, 3.63) is 41.7 Å². The summed E-state index contributed by atoms with van der Waals surface area (Å²) in [5.41, 5.74) is 2.54. The molecule has 0 spiro atoms. The van der Waals surface area contributed by atoms with E-state index in [0.717, 1.165) is 77.0 Å². The van der Waals surface area contributed by atoms with Gasteiger partial charge in [0, 0.05) is 45.0 Å². The first-order chi connectivity index (χ1) is 12.8. The molecule has 0 bridgehead atoms. The number of piperazine rings is 1. The molecule has 5 nitrogen and oxygen atoms in total. The highest BCUT2D eigenvalue weighted by Gasteiger charge is 2.19. The maximum Gasteiger partial charge on any atom is 0.194 e. The third kappa shape index (κ3) is 6.64. The van der Waals surface area contributed by atoms with Crippen molar-refractivity contribution < 1.29 is 9.13 Å². The maximum atomic E-state index is 13.1. The zero-order chi connectivity index (χ0) is 18.2. The van der Waals surface area contributed by atoms with E-state index >= 15 is 0 Å². The van der Waals surface area contributed by atoms with Gasteiger partial charge in [0.2, 0.25) is 0 Å². The Bertz CT molecular complexity index is 627. The number of hydrogen-bond acceptors (Lipinski definition) is 3. The molecule has 27 heavy (non-hydrogen) atoms. The van der Waals surface area contributed by atoms with E-state index in [1.54, 1.807) is 0 Å². The number of aliphatic imine (C=N–C) groups is 1. The average Bonchev–Trinajstić information content (AvgIpc) is 2.69. The molecule has 0 radical (unpaired) electrons. The molecule has 2 heterocycles. The summed E-state index contributed by atoms with van der Waals surface area (Å²) in [6.45, 7) is 9.02. The SMILES string of the molecule is CCNC(=NCCC1=CCOCC1)N1CCN(c2ccc(F)cc2)CC1.I. The highest BCUT2D eigenvalue weighted by atomic mass is 127. The minimum atomic E-state index is -0.186. The first-order valence-corrected chi connectivity index (χ1v) is 9.55.